The highest BCUT2D eigenvalue weighted by Crippen LogP contribution is 2.28. The van der Waals surface area contributed by atoms with Crippen molar-refractivity contribution in [1.29, 1.82) is 0 Å². The highest BCUT2D eigenvalue weighted by atomic mass is 32.2. The number of methoxy groups -OCH3 is 1. The lowest BCUT2D eigenvalue weighted by Crippen LogP contribution is -2.13. The first-order valence-electron chi connectivity index (χ1n) is 12.6. The van der Waals surface area contributed by atoms with Crippen LogP contribution in [0.25, 0.3) is 0 Å². The van der Waals surface area contributed by atoms with Gasteiger partial charge in [0.2, 0.25) is 5.88 Å². The molecule has 1 fully saturated rings. The fourth-order valence-corrected chi connectivity index (χ4v) is 5.23. The Morgan fingerprint density at radius 1 is 0.973 bits per heavy atom. The lowest BCUT2D eigenvalue weighted by molar-refractivity contribution is -0.121. The number of ether oxygens (including phenoxy) is 3. The maximum Gasteiger partial charge on any atom is 0.222 e. The van der Waals surface area contributed by atoms with Gasteiger partial charge in [-0.15, -0.1) is 0 Å². The van der Waals surface area contributed by atoms with Crippen molar-refractivity contribution in [3.05, 3.63) is 72.2 Å². The van der Waals surface area contributed by atoms with E-state index in [0.29, 0.717) is 30.6 Å². The predicted molar refractivity (Wildman–Crippen MR) is 143 cm³/mol. The number of thioether (sulfide) groups is 1. The Morgan fingerprint density at radius 3 is 2.38 bits per heavy atom. The topological polar surface area (TPSA) is 87.6 Å². The van der Waals surface area contributed by atoms with Gasteiger partial charge >= 0.3 is 0 Å². The van der Waals surface area contributed by atoms with Gasteiger partial charge in [-0.25, -0.2) is 9.97 Å². The highest BCUT2D eigenvalue weighted by Gasteiger charge is 2.31. The fourth-order valence-electron chi connectivity index (χ4n) is 4.20. The van der Waals surface area contributed by atoms with Crippen molar-refractivity contribution in [2.24, 2.45) is 5.92 Å². The number of nitrogens with zero attached hydrogens (tertiary/aromatic N) is 2. The van der Waals surface area contributed by atoms with Gasteiger partial charge in [0, 0.05) is 11.8 Å². The summed E-state index contributed by atoms with van der Waals surface area (Å²) < 4.78 is 17.0. The third-order valence-electron chi connectivity index (χ3n) is 6.46. The molecule has 1 aliphatic rings. The molecule has 0 radical (unpaired) electrons. The first kappa shape index (κ1) is 26.7. The summed E-state index contributed by atoms with van der Waals surface area (Å²) in [4.78, 5) is 31.9. The number of aromatic nitrogens is 2. The molecule has 1 aromatic heterocycles. The molecule has 0 bridgehead atoms. The van der Waals surface area contributed by atoms with Crippen molar-refractivity contribution in [1.82, 2.24) is 9.97 Å². The minimum Gasteiger partial charge on any atom is -0.497 e. The Kier molecular flexibility index (Phi) is 9.54. The van der Waals surface area contributed by atoms with Crippen LogP contribution in [0, 0.1) is 5.92 Å². The van der Waals surface area contributed by atoms with Crippen molar-refractivity contribution in [3.63, 3.8) is 0 Å². The standard InChI is InChI=1S/C29H32N2O5S/c1-3-20(4-7-22-17-28(31-19-30-22)36-25-12-10-23(34-2)11-13-25)14-15-35-24-8-5-21(6-9-24)16-27-26(32)18-29(33)37-27/h5-6,8-13,17,19-20,27H,3-4,7,14-16,18H2,1-2H3. The SMILES string of the molecule is CCC(CCOc1ccc(CC2SC(=O)CC2=O)cc1)CCc1cc(Oc2ccc(OC)cc2)ncn1. The molecule has 0 N–H and O–H groups in total. The van der Waals surface area contributed by atoms with Crippen LogP contribution in [0.15, 0.2) is 60.9 Å². The first-order chi connectivity index (χ1) is 18.0. The Hall–Kier alpha value is -3.39. The second-order valence-electron chi connectivity index (χ2n) is 9.04. The Balaban J connectivity index is 1.20. The molecule has 2 heterocycles. The van der Waals surface area contributed by atoms with Crippen molar-refractivity contribution in [2.45, 2.75) is 50.7 Å². The van der Waals surface area contributed by atoms with E-state index >= 15 is 0 Å². The van der Waals surface area contributed by atoms with E-state index in [9.17, 15) is 9.59 Å². The van der Waals surface area contributed by atoms with E-state index < -0.39 is 0 Å². The Bertz CT molecular complexity index is 1180. The van der Waals surface area contributed by atoms with Gasteiger partial charge in [0.05, 0.1) is 25.4 Å². The molecule has 2 atom stereocenters. The van der Waals surface area contributed by atoms with Gasteiger partial charge in [-0.3, -0.25) is 9.59 Å². The molecule has 1 saturated heterocycles. The van der Waals surface area contributed by atoms with Crippen molar-refractivity contribution >= 4 is 22.7 Å². The van der Waals surface area contributed by atoms with Crippen LogP contribution in [0.5, 0.6) is 23.1 Å². The summed E-state index contributed by atoms with van der Waals surface area (Å²) in [5, 5.41) is -0.271. The van der Waals surface area contributed by atoms with Crippen LogP contribution in [-0.2, 0) is 22.4 Å². The summed E-state index contributed by atoms with van der Waals surface area (Å²) in [5.74, 6) is 3.36. The number of rotatable bonds is 13. The third-order valence-corrected chi connectivity index (χ3v) is 7.58. The van der Waals surface area contributed by atoms with E-state index in [-0.39, 0.29) is 22.6 Å². The zero-order valence-corrected chi connectivity index (χ0v) is 22.0. The van der Waals surface area contributed by atoms with Crippen molar-refractivity contribution in [3.8, 4) is 23.1 Å². The van der Waals surface area contributed by atoms with Crippen molar-refractivity contribution in [2.75, 3.05) is 13.7 Å². The van der Waals surface area contributed by atoms with E-state index in [1.165, 1.54) is 0 Å². The number of hydrogen-bond donors (Lipinski definition) is 0. The molecule has 0 amide bonds. The quantitative estimate of drug-likeness (QED) is 0.259. The maximum atomic E-state index is 11.9. The molecule has 4 rings (SSSR count). The molecule has 37 heavy (non-hydrogen) atoms. The monoisotopic (exact) mass is 520 g/mol. The van der Waals surface area contributed by atoms with E-state index in [2.05, 4.69) is 16.9 Å². The number of Topliss-reactive ketones (excluding diaryl/α,β-unsaturated/α-hetero) is 1. The zero-order valence-electron chi connectivity index (χ0n) is 21.2. The molecular formula is C29H32N2O5S. The fraction of sp³-hybridized carbons (Fsp3) is 0.379. The van der Waals surface area contributed by atoms with Gasteiger partial charge in [-0.1, -0.05) is 37.2 Å². The van der Waals surface area contributed by atoms with E-state index in [0.717, 1.165) is 60.2 Å². The number of ketones is 1. The summed E-state index contributed by atoms with van der Waals surface area (Å²) in [7, 11) is 1.63. The van der Waals surface area contributed by atoms with Crippen LogP contribution in [-0.4, -0.2) is 39.8 Å². The summed E-state index contributed by atoms with van der Waals surface area (Å²) >= 11 is 1.16. The number of hydrogen-bond acceptors (Lipinski definition) is 8. The highest BCUT2D eigenvalue weighted by molar-refractivity contribution is 8.15. The summed E-state index contributed by atoms with van der Waals surface area (Å²) in [5.41, 5.74) is 1.99. The molecule has 0 aliphatic carbocycles. The zero-order chi connectivity index (χ0) is 26.0. The van der Waals surface area contributed by atoms with Gasteiger partial charge in [0.25, 0.3) is 0 Å². The molecule has 0 saturated carbocycles. The molecule has 1 aliphatic heterocycles. The average molecular weight is 521 g/mol. The molecule has 194 valence electrons. The van der Waals surface area contributed by atoms with Gasteiger partial charge in [-0.2, -0.15) is 0 Å². The lowest BCUT2D eigenvalue weighted by atomic mass is 9.96. The smallest absolute Gasteiger partial charge is 0.222 e. The Labute approximate surface area is 222 Å². The average Bonchev–Trinajstić information content (AvgIpc) is 3.23. The molecule has 2 unspecified atom stereocenters. The van der Waals surface area contributed by atoms with Gasteiger partial charge < -0.3 is 14.2 Å². The third kappa shape index (κ3) is 8.05. The van der Waals surface area contributed by atoms with E-state index in [4.69, 9.17) is 14.2 Å². The van der Waals surface area contributed by atoms with Gasteiger partial charge in [0.15, 0.2) is 10.9 Å². The van der Waals surface area contributed by atoms with Gasteiger partial charge in [0.1, 0.15) is 23.6 Å². The second kappa shape index (κ2) is 13.2. The molecule has 7 nitrogen and oxygen atoms in total. The number of carbonyl (C=O) groups excluding carboxylic acids is 2. The first-order valence-corrected chi connectivity index (χ1v) is 13.5. The van der Waals surface area contributed by atoms with Crippen LogP contribution < -0.4 is 14.2 Å². The van der Waals surface area contributed by atoms with Crippen LogP contribution in [0.4, 0.5) is 0 Å². The summed E-state index contributed by atoms with van der Waals surface area (Å²) in [6.07, 6.45) is 6.05. The largest absolute Gasteiger partial charge is 0.497 e. The molecule has 3 aromatic rings. The second-order valence-corrected chi connectivity index (χ2v) is 10.3. The lowest BCUT2D eigenvalue weighted by Gasteiger charge is -2.15. The summed E-state index contributed by atoms with van der Waals surface area (Å²) in [6, 6.07) is 17.1. The normalized spacial score (nSPS) is 16.0. The van der Waals surface area contributed by atoms with Crippen LogP contribution in [0.2, 0.25) is 0 Å². The summed E-state index contributed by atoms with van der Waals surface area (Å²) in [6.45, 7) is 2.84. The number of aryl methyl sites for hydroxylation is 1. The minimum atomic E-state index is -0.246. The molecule has 2 aromatic carbocycles. The molecular weight excluding hydrogens is 488 g/mol. The van der Waals surface area contributed by atoms with Crippen molar-refractivity contribution < 1.29 is 23.8 Å². The molecule has 0 spiro atoms. The maximum absolute atomic E-state index is 11.9. The van der Waals surface area contributed by atoms with Crippen LogP contribution >= 0.6 is 11.8 Å². The van der Waals surface area contributed by atoms with E-state index in [1.54, 1.807) is 13.4 Å². The minimum absolute atomic E-state index is 0.0255. The molecule has 8 heteroatoms. The number of benzene rings is 2. The van der Waals surface area contributed by atoms with E-state index in [1.807, 2.05) is 54.6 Å². The van der Waals surface area contributed by atoms with Gasteiger partial charge in [-0.05, 0) is 73.6 Å². The Morgan fingerprint density at radius 2 is 1.70 bits per heavy atom. The van der Waals surface area contributed by atoms with Crippen LogP contribution in [0.3, 0.4) is 0 Å². The predicted octanol–water partition coefficient (Wildman–Crippen LogP) is 5.85. The number of carbonyl (C=O) groups is 2. The van der Waals surface area contributed by atoms with Crippen LogP contribution in [0.1, 0.15) is 43.9 Å².